The van der Waals surface area contributed by atoms with Gasteiger partial charge >= 0.3 is 0 Å². The number of fused-ring (bicyclic) bond motifs is 1. The standard InChI is InChI=1S/C27H37N3O8/c1-31-17-35-21-10-8-20(9-11-21)27-26(34-13-7-5-4-6-12-29-30-28)16-23-24(37-19-33-3)14-22(36-18-32-2)15-25(23)38-27/h8-11,14-15,26-27H,4-7,12-13,16-19H2,1-3H3/t26-,27+/m0/s1. The third-order valence-corrected chi connectivity index (χ3v) is 5.91. The molecular formula is C27H37N3O8. The van der Waals surface area contributed by atoms with Gasteiger partial charge in [-0.1, -0.05) is 30.1 Å². The topological polar surface area (TPSA) is 123 Å². The van der Waals surface area contributed by atoms with Gasteiger partial charge in [0, 0.05) is 63.5 Å². The summed E-state index contributed by atoms with van der Waals surface area (Å²) in [6, 6.07) is 11.4. The summed E-state index contributed by atoms with van der Waals surface area (Å²) in [6.07, 6.45) is 3.73. The molecule has 0 saturated heterocycles. The molecule has 3 rings (SSSR count). The van der Waals surface area contributed by atoms with Crippen molar-refractivity contribution in [2.45, 2.75) is 44.3 Å². The van der Waals surface area contributed by atoms with Crippen molar-refractivity contribution >= 4 is 0 Å². The number of hydrogen-bond donors (Lipinski definition) is 0. The highest BCUT2D eigenvalue weighted by Crippen LogP contribution is 2.44. The van der Waals surface area contributed by atoms with Gasteiger partial charge < -0.3 is 37.9 Å². The Balaban J connectivity index is 1.79. The summed E-state index contributed by atoms with van der Waals surface area (Å²) >= 11 is 0. The summed E-state index contributed by atoms with van der Waals surface area (Å²) in [5, 5.41) is 3.58. The van der Waals surface area contributed by atoms with E-state index in [0.29, 0.717) is 42.6 Å². The van der Waals surface area contributed by atoms with Crippen molar-refractivity contribution in [2.24, 2.45) is 5.11 Å². The molecule has 2 aromatic carbocycles. The molecule has 0 spiro atoms. The molecule has 0 bridgehead atoms. The van der Waals surface area contributed by atoms with E-state index in [0.717, 1.165) is 36.8 Å². The van der Waals surface area contributed by atoms with Gasteiger partial charge in [0.2, 0.25) is 0 Å². The molecule has 0 fully saturated rings. The Morgan fingerprint density at radius 3 is 2.26 bits per heavy atom. The Hall–Kier alpha value is -3.21. The second kappa shape index (κ2) is 16.6. The lowest BCUT2D eigenvalue weighted by Crippen LogP contribution is -2.33. The van der Waals surface area contributed by atoms with Gasteiger partial charge in [-0.05, 0) is 36.1 Å². The van der Waals surface area contributed by atoms with Crippen LogP contribution in [0.2, 0.25) is 0 Å². The molecule has 2 aromatic rings. The van der Waals surface area contributed by atoms with Crippen LogP contribution < -0.4 is 18.9 Å². The molecule has 0 saturated carbocycles. The van der Waals surface area contributed by atoms with E-state index >= 15 is 0 Å². The van der Waals surface area contributed by atoms with E-state index in [1.807, 2.05) is 36.4 Å². The number of ether oxygens (including phenoxy) is 8. The highest BCUT2D eigenvalue weighted by molar-refractivity contribution is 5.52. The predicted molar refractivity (Wildman–Crippen MR) is 140 cm³/mol. The maximum Gasteiger partial charge on any atom is 0.188 e. The molecular weight excluding hydrogens is 494 g/mol. The van der Waals surface area contributed by atoms with Gasteiger partial charge in [-0.25, -0.2) is 0 Å². The van der Waals surface area contributed by atoms with Crippen LogP contribution in [0.4, 0.5) is 0 Å². The van der Waals surface area contributed by atoms with E-state index in [2.05, 4.69) is 10.0 Å². The number of methoxy groups -OCH3 is 3. The van der Waals surface area contributed by atoms with Gasteiger partial charge in [0.05, 0.1) is 0 Å². The lowest BCUT2D eigenvalue weighted by Gasteiger charge is -2.35. The number of azide groups is 1. The first-order chi connectivity index (χ1) is 18.7. The van der Waals surface area contributed by atoms with Crippen LogP contribution in [-0.2, 0) is 25.4 Å². The smallest absolute Gasteiger partial charge is 0.188 e. The molecule has 11 nitrogen and oxygen atoms in total. The van der Waals surface area contributed by atoms with E-state index in [9.17, 15) is 0 Å². The molecule has 0 N–H and O–H groups in total. The first kappa shape index (κ1) is 29.3. The normalized spacial score (nSPS) is 16.2. The van der Waals surface area contributed by atoms with E-state index < -0.39 is 0 Å². The maximum absolute atomic E-state index is 8.40. The van der Waals surface area contributed by atoms with Crippen LogP contribution in [0.3, 0.4) is 0 Å². The molecule has 1 aliphatic heterocycles. The number of rotatable bonds is 18. The van der Waals surface area contributed by atoms with E-state index in [-0.39, 0.29) is 32.6 Å². The van der Waals surface area contributed by atoms with Gasteiger partial charge in [0.25, 0.3) is 0 Å². The van der Waals surface area contributed by atoms with Crippen LogP contribution in [0.15, 0.2) is 41.5 Å². The lowest BCUT2D eigenvalue weighted by molar-refractivity contribution is -0.0404. The van der Waals surface area contributed by atoms with Gasteiger partial charge in [0.15, 0.2) is 26.5 Å². The minimum absolute atomic E-state index is 0.0912. The fraction of sp³-hybridized carbons (Fsp3) is 0.556. The third kappa shape index (κ3) is 8.97. The fourth-order valence-electron chi connectivity index (χ4n) is 4.11. The minimum Gasteiger partial charge on any atom is -0.482 e. The SMILES string of the molecule is COCOc1ccc([C@H]2Oc3cc(OCOC)cc(OCOC)c3C[C@@H]2OCCCCCCN=[N+]=[N-])cc1. The highest BCUT2D eigenvalue weighted by atomic mass is 16.7. The van der Waals surface area contributed by atoms with Crippen LogP contribution in [0.1, 0.15) is 42.9 Å². The third-order valence-electron chi connectivity index (χ3n) is 5.91. The van der Waals surface area contributed by atoms with Crippen molar-refractivity contribution < 1.29 is 37.9 Å². The Morgan fingerprint density at radius 1 is 0.868 bits per heavy atom. The number of benzene rings is 2. The highest BCUT2D eigenvalue weighted by Gasteiger charge is 2.34. The Labute approximate surface area is 223 Å². The summed E-state index contributed by atoms with van der Waals surface area (Å²) in [7, 11) is 4.72. The van der Waals surface area contributed by atoms with E-state index in [4.69, 9.17) is 43.4 Å². The van der Waals surface area contributed by atoms with Gasteiger partial charge in [-0.15, -0.1) is 0 Å². The molecule has 0 aliphatic carbocycles. The Bertz CT molecular complexity index is 1010. The summed E-state index contributed by atoms with van der Waals surface area (Å²) in [4.78, 5) is 2.79. The average molecular weight is 532 g/mol. The molecule has 0 radical (unpaired) electrons. The molecule has 1 aliphatic rings. The number of unbranched alkanes of at least 4 members (excludes halogenated alkanes) is 3. The summed E-state index contributed by atoms with van der Waals surface area (Å²) in [5.41, 5.74) is 10.3. The van der Waals surface area contributed by atoms with Crippen LogP contribution >= 0.6 is 0 Å². The molecule has 0 amide bonds. The number of nitrogens with zero attached hydrogens (tertiary/aromatic N) is 3. The second-order valence-corrected chi connectivity index (χ2v) is 8.64. The van der Waals surface area contributed by atoms with Gasteiger partial charge in [-0.2, -0.15) is 0 Å². The lowest BCUT2D eigenvalue weighted by atomic mass is 9.93. The predicted octanol–water partition coefficient (Wildman–Crippen LogP) is 5.57. The largest absolute Gasteiger partial charge is 0.482 e. The van der Waals surface area contributed by atoms with Crippen molar-refractivity contribution in [1.29, 1.82) is 0 Å². The average Bonchev–Trinajstić information content (AvgIpc) is 2.95. The first-order valence-corrected chi connectivity index (χ1v) is 12.6. The monoisotopic (exact) mass is 531 g/mol. The quantitative estimate of drug-likeness (QED) is 0.0805. The van der Waals surface area contributed by atoms with Crippen LogP contribution in [-0.4, -0.2) is 61.0 Å². The summed E-state index contributed by atoms with van der Waals surface area (Å²) in [6.45, 7) is 1.48. The summed E-state index contributed by atoms with van der Waals surface area (Å²) < 4.78 is 45.2. The van der Waals surface area contributed by atoms with Crippen LogP contribution in [0, 0.1) is 0 Å². The minimum atomic E-state index is -0.350. The molecule has 1 heterocycles. The zero-order valence-corrected chi connectivity index (χ0v) is 22.3. The summed E-state index contributed by atoms with van der Waals surface area (Å²) in [5.74, 6) is 2.55. The van der Waals surface area contributed by atoms with Crippen molar-refractivity contribution in [1.82, 2.24) is 0 Å². The van der Waals surface area contributed by atoms with Crippen LogP contribution in [0.5, 0.6) is 23.0 Å². The zero-order chi connectivity index (χ0) is 27.0. The van der Waals surface area contributed by atoms with Gasteiger partial charge in [0.1, 0.15) is 29.1 Å². The first-order valence-electron chi connectivity index (χ1n) is 12.6. The maximum atomic E-state index is 8.40. The molecule has 11 heteroatoms. The van der Waals surface area contributed by atoms with Crippen molar-refractivity contribution in [2.75, 3.05) is 54.9 Å². The fourth-order valence-corrected chi connectivity index (χ4v) is 4.11. The van der Waals surface area contributed by atoms with E-state index in [1.54, 1.807) is 21.3 Å². The Kier molecular flexibility index (Phi) is 12.8. The molecule has 0 unspecified atom stereocenters. The number of hydrogen-bond acceptors (Lipinski definition) is 9. The second-order valence-electron chi connectivity index (χ2n) is 8.64. The van der Waals surface area contributed by atoms with Crippen molar-refractivity contribution in [3.8, 4) is 23.0 Å². The van der Waals surface area contributed by atoms with Crippen molar-refractivity contribution in [3.63, 3.8) is 0 Å². The molecule has 0 aromatic heterocycles. The van der Waals surface area contributed by atoms with Crippen molar-refractivity contribution in [3.05, 3.63) is 58.0 Å². The van der Waals surface area contributed by atoms with Gasteiger partial charge in [-0.3, -0.25) is 0 Å². The van der Waals surface area contributed by atoms with E-state index in [1.165, 1.54) is 0 Å². The van der Waals surface area contributed by atoms with Crippen LogP contribution in [0.25, 0.3) is 10.4 Å². The molecule has 208 valence electrons. The Morgan fingerprint density at radius 2 is 1.55 bits per heavy atom. The molecule has 2 atom stereocenters. The molecule has 38 heavy (non-hydrogen) atoms. The zero-order valence-electron chi connectivity index (χ0n) is 22.3.